The molecule has 7 heteroatoms. The van der Waals surface area contributed by atoms with E-state index in [-0.39, 0.29) is 5.56 Å². The van der Waals surface area contributed by atoms with E-state index in [1.54, 1.807) is 13.2 Å². The molecular formula is C27H25N5O2. The third-order valence-electron chi connectivity index (χ3n) is 6.12. The highest BCUT2D eigenvalue weighted by atomic mass is 16.5. The minimum Gasteiger partial charge on any atom is -0.496 e. The fraction of sp³-hybridized carbons (Fsp3) is 0.148. The van der Waals surface area contributed by atoms with Gasteiger partial charge in [-0.3, -0.25) is 4.79 Å². The van der Waals surface area contributed by atoms with Crippen LogP contribution in [0.15, 0.2) is 71.5 Å². The van der Waals surface area contributed by atoms with Crippen molar-refractivity contribution in [2.45, 2.75) is 20.4 Å². The molecule has 0 radical (unpaired) electrons. The van der Waals surface area contributed by atoms with Crippen molar-refractivity contribution in [2.75, 3.05) is 18.2 Å². The molecule has 0 aliphatic rings. The highest BCUT2D eigenvalue weighted by Gasteiger charge is 2.20. The van der Waals surface area contributed by atoms with E-state index < -0.39 is 0 Å². The third kappa shape index (κ3) is 3.71. The van der Waals surface area contributed by atoms with E-state index in [4.69, 9.17) is 15.5 Å². The number of benzene rings is 3. The summed E-state index contributed by atoms with van der Waals surface area (Å²) in [7, 11) is 1.64. The van der Waals surface area contributed by atoms with Crippen LogP contribution in [0.4, 0.5) is 17.2 Å². The summed E-state index contributed by atoms with van der Waals surface area (Å²) >= 11 is 0. The standard InChI is InChI=1S/C27H25N5O2/c1-16-12-13-19(14-17(16)2)29-23-24-26(30-21-10-6-5-9-20(21)27(33)31-24)32(25(23)28)15-18-8-4-7-11-22(18)34-3/h4-14,29H,15,28H2,1-3H3. The maximum atomic E-state index is 13.0. The first-order valence-corrected chi connectivity index (χ1v) is 11.0. The van der Waals surface area contributed by atoms with Crippen molar-refractivity contribution in [2.24, 2.45) is 0 Å². The van der Waals surface area contributed by atoms with Crippen molar-refractivity contribution in [3.8, 4) is 5.75 Å². The van der Waals surface area contributed by atoms with E-state index in [0.717, 1.165) is 22.6 Å². The highest BCUT2D eigenvalue weighted by Crippen LogP contribution is 2.35. The second kappa shape index (κ2) is 8.51. The summed E-state index contributed by atoms with van der Waals surface area (Å²) in [6.07, 6.45) is 0. The third-order valence-corrected chi connectivity index (χ3v) is 6.12. The number of nitrogens with one attached hydrogen (secondary N) is 1. The second-order valence-corrected chi connectivity index (χ2v) is 8.30. The molecule has 0 spiro atoms. The minimum atomic E-state index is -0.351. The molecule has 0 saturated carbocycles. The zero-order valence-corrected chi connectivity index (χ0v) is 19.3. The first-order chi connectivity index (χ1) is 16.5. The van der Waals surface area contributed by atoms with E-state index >= 15 is 0 Å². The monoisotopic (exact) mass is 451 g/mol. The van der Waals surface area contributed by atoms with Gasteiger partial charge >= 0.3 is 0 Å². The minimum absolute atomic E-state index is 0.351. The lowest BCUT2D eigenvalue weighted by atomic mass is 10.1. The second-order valence-electron chi connectivity index (χ2n) is 8.30. The number of nitrogen functional groups attached to an aromatic ring is 1. The molecule has 3 N–H and O–H groups in total. The number of para-hydroxylation sites is 2. The molecule has 0 aliphatic carbocycles. The molecule has 0 amide bonds. The molecule has 5 aromatic rings. The molecule has 0 atom stereocenters. The summed E-state index contributed by atoms with van der Waals surface area (Å²) in [5, 5.41) is 3.85. The van der Waals surface area contributed by atoms with Crippen molar-refractivity contribution < 1.29 is 4.74 Å². The number of ether oxygens (including phenoxy) is 1. The Labute approximate surface area is 196 Å². The lowest BCUT2D eigenvalue weighted by molar-refractivity contribution is 0.408. The van der Waals surface area contributed by atoms with Crippen LogP contribution in [-0.2, 0) is 6.54 Å². The molecule has 3 aromatic carbocycles. The van der Waals surface area contributed by atoms with Gasteiger partial charge in [-0.2, -0.15) is 0 Å². The molecule has 0 fully saturated rings. The van der Waals surface area contributed by atoms with E-state index in [0.29, 0.717) is 40.1 Å². The Balaban J connectivity index is 1.78. The Morgan fingerprint density at radius 2 is 1.74 bits per heavy atom. The summed E-state index contributed by atoms with van der Waals surface area (Å²) in [6, 6.07) is 21.0. The average molecular weight is 452 g/mol. The Morgan fingerprint density at radius 3 is 2.53 bits per heavy atom. The number of fused-ring (bicyclic) bond motifs is 2. The topological polar surface area (TPSA) is 95.1 Å². The normalized spacial score (nSPS) is 11.1. The highest BCUT2D eigenvalue weighted by molar-refractivity contribution is 5.98. The zero-order chi connectivity index (χ0) is 23.8. The van der Waals surface area contributed by atoms with Gasteiger partial charge in [-0.15, -0.1) is 0 Å². The van der Waals surface area contributed by atoms with Crippen LogP contribution >= 0.6 is 0 Å². The van der Waals surface area contributed by atoms with Gasteiger partial charge in [-0.1, -0.05) is 36.4 Å². The molecule has 34 heavy (non-hydrogen) atoms. The maximum absolute atomic E-state index is 13.0. The van der Waals surface area contributed by atoms with Gasteiger partial charge in [0.05, 0.1) is 24.6 Å². The first kappa shape index (κ1) is 21.5. The SMILES string of the molecule is COc1ccccc1Cn1c(N)c(Nc2ccc(C)c(C)c2)c2nc(=O)c3ccccc3nc21. The molecule has 5 rings (SSSR count). The van der Waals surface area contributed by atoms with Crippen LogP contribution < -0.4 is 21.3 Å². The van der Waals surface area contributed by atoms with Crippen molar-refractivity contribution in [1.82, 2.24) is 14.5 Å². The van der Waals surface area contributed by atoms with Crippen molar-refractivity contribution >= 4 is 39.3 Å². The van der Waals surface area contributed by atoms with Crippen LogP contribution in [-0.4, -0.2) is 21.6 Å². The number of methoxy groups -OCH3 is 1. The Kier molecular flexibility index (Phi) is 5.37. The molecule has 0 unspecified atom stereocenters. The van der Waals surface area contributed by atoms with Crippen molar-refractivity contribution in [1.29, 1.82) is 0 Å². The quantitative estimate of drug-likeness (QED) is 0.393. The van der Waals surface area contributed by atoms with Crippen molar-refractivity contribution in [3.63, 3.8) is 0 Å². The molecule has 0 bridgehead atoms. The smallest absolute Gasteiger partial charge is 0.279 e. The van der Waals surface area contributed by atoms with Crippen LogP contribution in [0.25, 0.3) is 22.1 Å². The van der Waals surface area contributed by atoms with E-state index in [9.17, 15) is 4.79 Å². The zero-order valence-electron chi connectivity index (χ0n) is 19.3. The summed E-state index contributed by atoms with van der Waals surface area (Å²) in [5.74, 6) is 1.18. The van der Waals surface area contributed by atoms with Crippen molar-refractivity contribution in [3.05, 3.63) is 93.8 Å². The van der Waals surface area contributed by atoms with E-state index in [2.05, 4.69) is 24.1 Å². The van der Waals surface area contributed by atoms with Gasteiger partial charge < -0.3 is 20.4 Å². The van der Waals surface area contributed by atoms with Crippen LogP contribution in [0.2, 0.25) is 0 Å². The summed E-state index contributed by atoms with van der Waals surface area (Å²) in [4.78, 5) is 22.3. The van der Waals surface area contributed by atoms with E-state index in [1.165, 1.54) is 5.56 Å². The number of rotatable bonds is 5. The van der Waals surface area contributed by atoms with Gasteiger partial charge in [0.15, 0.2) is 5.65 Å². The fourth-order valence-electron chi connectivity index (χ4n) is 4.11. The lowest BCUT2D eigenvalue weighted by Crippen LogP contribution is -2.07. The predicted octanol–water partition coefficient (Wildman–Crippen LogP) is 4.94. The Bertz CT molecular complexity index is 1610. The van der Waals surface area contributed by atoms with Gasteiger partial charge in [0.1, 0.15) is 22.8 Å². The summed E-state index contributed by atoms with van der Waals surface area (Å²) in [5.41, 5.74) is 12.5. The molecular weight excluding hydrogens is 426 g/mol. The molecule has 0 saturated heterocycles. The summed E-state index contributed by atoms with van der Waals surface area (Å²) < 4.78 is 7.42. The predicted molar refractivity (Wildman–Crippen MR) is 137 cm³/mol. The van der Waals surface area contributed by atoms with E-state index in [1.807, 2.05) is 65.2 Å². The first-order valence-electron chi connectivity index (χ1n) is 11.0. The molecule has 2 aromatic heterocycles. The van der Waals surface area contributed by atoms with Crippen LogP contribution in [0.1, 0.15) is 16.7 Å². The van der Waals surface area contributed by atoms with Gasteiger partial charge in [0.25, 0.3) is 5.56 Å². The Morgan fingerprint density at radius 1 is 0.971 bits per heavy atom. The summed E-state index contributed by atoms with van der Waals surface area (Å²) in [6.45, 7) is 4.52. The van der Waals surface area contributed by atoms with Gasteiger partial charge in [0, 0.05) is 11.3 Å². The molecule has 2 heterocycles. The molecule has 170 valence electrons. The number of hydrogen-bond acceptors (Lipinski definition) is 6. The lowest BCUT2D eigenvalue weighted by Gasteiger charge is -2.12. The number of hydrogen-bond donors (Lipinski definition) is 2. The number of anilines is 3. The fourth-order valence-corrected chi connectivity index (χ4v) is 4.11. The van der Waals surface area contributed by atoms with Gasteiger partial charge in [-0.05, 0) is 55.3 Å². The average Bonchev–Trinajstić information content (AvgIpc) is 2.98. The maximum Gasteiger partial charge on any atom is 0.279 e. The van der Waals surface area contributed by atoms with Gasteiger partial charge in [-0.25, -0.2) is 9.97 Å². The number of aryl methyl sites for hydroxylation is 2. The molecule has 7 nitrogen and oxygen atoms in total. The number of aromatic nitrogens is 3. The molecule has 0 aliphatic heterocycles. The number of nitrogens with zero attached hydrogens (tertiary/aromatic N) is 3. The van der Waals surface area contributed by atoms with Crippen LogP contribution in [0.3, 0.4) is 0 Å². The number of nitrogens with two attached hydrogens (primary N) is 1. The van der Waals surface area contributed by atoms with Crippen LogP contribution in [0.5, 0.6) is 5.75 Å². The largest absolute Gasteiger partial charge is 0.496 e. The van der Waals surface area contributed by atoms with Crippen LogP contribution in [0, 0.1) is 13.8 Å². The van der Waals surface area contributed by atoms with Gasteiger partial charge in [0.2, 0.25) is 0 Å². The Hall–Kier alpha value is -4.39.